The Morgan fingerprint density at radius 3 is 2.48 bits per heavy atom. The topological polar surface area (TPSA) is 53.7 Å². The summed E-state index contributed by atoms with van der Waals surface area (Å²) in [6.45, 7) is 7.23. The van der Waals surface area contributed by atoms with Crippen molar-refractivity contribution in [1.29, 1.82) is 0 Å². The number of aryl methyl sites for hydroxylation is 1. The Morgan fingerprint density at radius 2 is 1.84 bits per heavy atom. The van der Waals surface area contributed by atoms with Crippen LogP contribution in [0.1, 0.15) is 11.5 Å². The van der Waals surface area contributed by atoms with E-state index in [9.17, 15) is 0 Å². The molecule has 0 spiro atoms. The van der Waals surface area contributed by atoms with Gasteiger partial charge in [-0.1, -0.05) is 28.9 Å². The van der Waals surface area contributed by atoms with Gasteiger partial charge in [0.25, 0.3) is 0 Å². The van der Waals surface area contributed by atoms with Crippen molar-refractivity contribution in [1.82, 2.24) is 5.16 Å². The SMILES string of the molecule is Cc1noc(COc2ccccc2OCC[N+]2(C)CCOCC2)c1Cl. The van der Waals surface area contributed by atoms with Crippen LogP contribution in [0.25, 0.3) is 0 Å². The summed E-state index contributed by atoms with van der Waals surface area (Å²) in [5, 5.41) is 4.33. The first-order valence-corrected chi connectivity index (χ1v) is 8.82. The van der Waals surface area contributed by atoms with Gasteiger partial charge in [0.15, 0.2) is 23.9 Å². The predicted octanol–water partition coefficient (Wildman–Crippen LogP) is 3.07. The number of aromatic nitrogens is 1. The zero-order chi connectivity index (χ0) is 17.7. The van der Waals surface area contributed by atoms with E-state index in [1.807, 2.05) is 24.3 Å². The van der Waals surface area contributed by atoms with Crippen molar-refractivity contribution >= 4 is 11.6 Å². The largest absolute Gasteiger partial charge is 0.484 e. The van der Waals surface area contributed by atoms with E-state index in [2.05, 4.69) is 12.2 Å². The molecule has 136 valence electrons. The van der Waals surface area contributed by atoms with Crippen LogP contribution in [-0.4, -0.2) is 56.1 Å². The maximum Gasteiger partial charge on any atom is 0.192 e. The Kier molecular flexibility index (Phi) is 5.83. The first-order chi connectivity index (χ1) is 12.1. The molecule has 0 saturated carbocycles. The molecule has 1 fully saturated rings. The number of para-hydroxylation sites is 2. The lowest BCUT2D eigenvalue weighted by atomic mass is 10.3. The molecule has 0 amide bonds. The second-order valence-electron chi connectivity index (χ2n) is 6.49. The molecule has 0 radical (unpaired) electrons. The van der Waals surface area contributed by atoms with Crippen molar-refractivity contribution in [3.8, 4) is 11.5 Å². The number of rotatable bonds is 7. The molecule has 0 N–H and O–H groups in total. The maximum absolute atomic E-state index is 6.12. The average molecular weight is 368 g/mol. The number of halogens is 1. The molecular formula is C18H24ClN2O4+. The average Bonchev–Trinajstić information content (AvgIpc) is 2.93. The fourth-order valence-corrected chi connectivity index (χ4v) is 2.83. The van der Waals surface area contributed by atoms with E-state index in [0.717, 1.165) is 43.1 Å². The summed E-state index contributed by atoms with van der Waals surface area (Å²) in [5.74, 6) is 1.90. The van der Waals surface area contributed by atoms with Gasteiger partial charge in [-0.25, -0.2) is 0 Å². The van der Waals surface area contributed by atoms with E-state index < -0.39 is 0 Å². The van der Waals surface area contributed by atoms with E-state index in [1.165, 1.54) is 0 Å². The van der Waals surface area contributed by atoms with Crippen LogP contribution in [0.4, 0.5) is 0 Å². The third-order valence-electron chi connectivity index (χ3n) is 4.50. The number of benzene rings is 1. The summed E-state index contributed by atoms with van der Waals surface area (Å²) in [6.07, 6.45) is 0. The van der Waals surface area contributed by atoms with Crippen LogP contribution in [-0.2, 0) is 11.3 Å². The number of ether oxygens (including phenoxy) is 3. The number of nitrogens with zero attached hydrogens (tertiary/aromatic N) is 2. The van der Waals surface area contributed by atoms with Gasteiger partial charge in [0.05, 0.1) is 26.0 Å². The van der Waals surface area contributed by atoms with Gasteiger partial charge >= 0.3 is 0 Å². The summed E-state index contributed by atoms with van der Waals surface area (Å²) in [5.41, 5.74) is 0.660. The molecule has 0 atom stereocenters. The smallest absolute Gasteiger partial charge is 0.192 e. The highest BCUT2D eigenvalue weighted by atomic mass is 35.5. The zero-order valence-electron chi connectivity index (χ0n) is 14.7. The predicted molar refractivity (Wildman–Crippen MR) is 94.1 cm³/mol. The fourth-order valence-electron chi connectivity index (χ4n) is 2.71. The van der Waals surface area contributed by atoms with Crippen molar-refractivity contribution in [3.63, 3.8) is 0 Å². The normalized spacial score (nSPS) is 16.6. The van der Waals surface area contributed by atoms with Gasteiger partial charge in [-0.05, 0) is 19.1 Å². The van der Waals surface area contributed by atoms with Crippen molar-refractivity contribution in [2.75, 3.05) is 46.5 Å². The lowest BCUT2D eigenvalue weighted by molar-refractivity contribution is -0.916. The Hall–Kier alpha value is -1.76. The molecule has 1 aromatic carbocycles. The van der Waals surface area contributed by atoms with E-state index in [4.69, 9.17) is 30.3 Å². The van der Waals surface area contributed by atoms with Crippen molar-refractivity contribution in [3.05, 3.63) is 40.7 Å². The van der Waals surface area contributed by atoms with Gasteiger partial charge in [-0.15, -0.1) is 0 Å². The highest BCUT2D eigenvalue weighted by Gasteiger charge is 2.25. The zero-order valence-corrected chi connectivity index (χ0v) is 15.4. The van der Waals surface area contributed by atoms with Gasteiger partial charge in [-0.2, -0.15) is 0 Å². The first kappa shape index (κ1) is 18.0. The number of hydrogen-bond donors (Lipinski definition) is 0. The monoisotopic (exact) mass is 367 g/mol. The van der Waals surface area contributed by atoms with Gasteiger partial charge in [0.1, 0.15) is 31.3 Å². The van der Waals surface area contributed by atoms with Gasteiger partial charge < -0.3 is 23.2 Å². The van der Waals surface area contributed by atoms with Crippen LogP contribution >= 0.6 is 11.6 Å². The third kappa shape index (κ3) is 4.66. The Balaban J connectivity index is 1.56. The second-order valence-corrected chi connectivity index (χ2v) is 6.87. The quantitative estimate of drug-likeness (QED) is 0.704. The molecule has 1 aliphatic rings. The molecule has 0 bridgehead atoms. The lowest BCUT2D eigenvalue weighted by Crippen LogP contribution is -2.53. The summed E-state index contributed by atoms with van der Waals surface area (Å²) in [7, 11) is 2.24. The van der Waals surface area contributed by atoms with Crippen LogP contribution in [0.5, 0.6) is 11.5 Å². The van der Waals surface area contributed by atoms with Crippen molar-refractivity contribution in [2.45, 2.75) is 13.5 Å². The van der Waals surface area contributed by atoms with Crippen LogP contribution in [0.3, 0.4) is 0 Å². The molecule has 6 nitrogen and oxygen atoms in total. The fraction of sp³-hybridized carbons (Fsp3) is 0.500. The highest BCUT2D eigenvalue weighted by molar-refractivity contribution is 6.31. The number of morpholine rings is 1. The summed E-state index contributed by atoms with van der Waals surface area (Å²) in [4.78, 5) is 0. The van der Waals surface area contributed by atoms with E-state index in [-0.39, 0.29) is 6.61 Å². The standard InChI is InChI=1S/C18H24ClN2O4/c1-14-18(19)17(25-20-14)13-24-16-6-4-3-5-15(16)23-12-9-21(2)7-10-22-11-8-21/h3-6H,7-13H2,1-2H3/q+1. The molecule has 2 aromatic rings. The van der Waals surface area contributed by atoms with Gasteiger partial charge in [0, 0.05) is 0 Å². The molecule has 3 rings (SSSR count). The van der Waals surface area contributed by atoms with Gasteiger partial charge in [-0.3, -0.25) is 0 Å². The second kappa shape index (κ2) is 8.08. The molecule has 0 aliphatic carbocycles. The molecule has 25 heavy (non-hydrogen) atoms. The molecule has 1 aliphatic heterocycles. The van der Waals surface area contributed by atoms with Crippen molar-refractivity contribution in [2.24, 2.45) is 0 Å². The lowest BCUT2D eigenvalue weighted by Gasteiger charge is -2.37. The maximum atomic E-state index is 6.12. The van der Waals surface area contributed by atoms with Crippen LogP contribution in [0.15, 0.2) is 28.8 Å². The number of quaternary nitrogens is 1. The molecule has 0 unspecified atom stereocenters. The Morgan fingerprint density at radius 1 is 1.16 bits per heavy atom. The molecule has 1 saturated heterocycles. The molecule has 1 aromatic heterocycles. The van der Waals surface area contributed by atoms with Crippen LogP contribution < -0.4 is 9.47 Å². The van der Waals surface area contributed by atoms with E-state index >= 15 is 0 Å². The molecule has 7 heteroatoms. The summed E-state index contributed by atoms with van der Waals surface area (Å²) in [6, 6.07) is 7.61. The highest BCUT2D eigenvalue weighted by Crippen LogP contribution is 2.29. The third-order valence-corrected chi connectivity index (χ3v) is 4.99. The van der Waals surface area contributed by atoms with E-state index in [0.29, 0.717) is 28.8 Å². The van der Waals surface area contributed by atoms with Crippen LogP contribution in [0.2, 0.25) is 5.02 Å². The molecular weight excluding hydrogens is 344 g/mol. The molecule has 2 heterocycles. The Bertz CT molecular complexity index is 698. The number of hydrogen-bond acceptors (Lipinski definition) is 5. The summed E-state index contributed by atoms with van der Waals surface area (Å²) < 4.78 is 23.4. The van der Waals surface area contributed by atoms with Crippen LogP contribution in [0, 0.1) is 6.92 Å². The van der Waals surface area contributed by atoms with E-state index in [1.54, 1.807) is 6.92 Å². The Labute approximate surface area is 152 Å². The summed E-state index contributed by atoms with van der Waals surface area (Å²) >= 11 is 6.12. The minimum Gasteiger partial charge on any atom is -0.484 e. The minimum atomic E-state index is 0.213. The van der Waals surface area contributed by atoms with Crippen molar-refractivity contribution < 1.29 is 23.2 Å². The van der Waals surface area contributed by atoms with Gasteiger partial charge in [0.2, 0.25) is 0 Å². The number of likely N-dealkylation sites (N-methyl/N-ethyl adjacent to an activating group) is 1. The minimum absolute atomic E-state index is 0.213. The first-order valence-electron chi connectivity index (χ1n) is 8.44.